The molecule has 2 N–H and O–H groups in total. The molecule has 0 unspecified atom stereocenters. The molecule has 2 aromatic carbocycles. The minimum atomic E-state index is -0.977. The van der Waals surface area contributed by atoms with E-state index in [0.29, 0.717) is 11.6 Å². The standard InChI is InChI=1S/C20H16FN3OS/c21-15-8-3-1-6-13(15)17(25)12-22-19-14-7-2-4-9-16(14)23-20(24-19)18-10-5-11-26-18/h1-11,17,25H,12H2,(H,22,23,24)/t17-/m0/s1. The van der Waals surface area contributed by atoms with Gasteiger partial charge in [-0.25, -0.2) is 14.4 Å². The van der Waals surface area contributed by atoms with E-state index in [-0.39, 0.29) is 12.1 Å². The van der Waals surface area contributed by atoms with Crippen molar-refractivity contribution >= 4 is 28.1 Å². The van der Waals surface area contributed by atoms with Crippen molar-refractivity contribution in [3.63, 3.8) is 0 Å². The highest BCUT2D eigenvalue weighted by Crippen LogP contribution is 2.28. The summed E-state index contributed by atoms with van der Waals surface area (Å²) in [6.45, 7) is 0.145. The Kier molecular flexibility index (Phi) is 4.60. The number of aromatic nitrogens is 2. The summed E-state index contributed by atoms with van der Waals surface area (Å²) in [7, 11) is 0. The summed E-state index contributed by atoms with van der Waals surface area (Å²) in [5.74, 6) is 0.824. The number of benzene rings is 2. The summed E-state index contributed by atoms with van der Waals surface area (Å²) in [6.07, 6.45) is -0.977. The van der Waals surface area contributed by atoms with Crippen molar-refractivity contribution in [2.75, 3.05) is 11.9 Å². The van der Waals surface area contributed by atoms with E-state index in [1.54, 1.807) is 29.5 Å². The number of hydrogen-bond acceptors (Lipinski definition) is 5. The maximum Gasteiger partial charge on any atom is 0.172 e. The number of hydrogen-bond donors (Lipinski definition) is 2. The molecule has 4 aromatic rings. The lowest BCUT2D eigenvalue weighted by atomic mass is 10.1. The first kappa shape index (κ1) is 16.6. The number of thiophene rings is 1. The summed E-state index contributed by atoms with van der Waals surface area (Å²) in [4.78, 5) is 10.2. The molecule has 2 aromatic heterocycles. The molecule has 0 spiro atoms. The number of nitrogens with zero attached hydrogens (tertiary/aromatic N) is 2. The highest BCUT2D eigenvalue weighted by molar-refractivity contribution is 7.13. The van der Waals surface area contributed by atoms with Gasteiger partial charge in [-0.3, -0.25) is 0 Å². The van der Waals surface area contributed by atoms with E-state index >= 15 is 0 Å². The SMILES string of the molecule is O[C@@H](CNc1nc(-c2cccs2)nc2ccccc12)c1ccccc1F. The highest BCUT2D eigenvalue weighted by atomic mass is 32.1. The van der Waals surface area contributed by atoms with Gasteiger partial charge in [0, 0.05) is 17.5 Å². The molecular weight excluding hydrogens is 349 g/mol. The van der Waals surface area contributed by atoms with Crippen LogP contribution in [0, 0.1) is 5.82 Å². The van der Waals surface area contributed by atoms with Crippen molar-refractivity contribution in [3.05, 3.63) is 77.4 Å². The molecule has 26 heavy (non-hydrogen) atoms. The van der Waals surface area contributed by atoms with Crippen LogP contribution in [-0.4, -0.2) is 21.6 Å². The molecule has 4 nitrogen and oxygen atoms in total. The van der Waals surface area contributed by atoms with Crippen LogP contribution < -0.4 is 5.32 Å². The Morgan fingerprint density at radius 3 is 2.62 bits per heavy atom. The van der Waals surface area contributed by atoms with Gasteiger partial charge in [-0.05, 0) is 29.6 Å². The summed E-state index contributed by atoms with van der Waals surface area (Å²) in [6, 6.07) is 17.8. The molecule has 0 aliphatic carbocycles. The summed E-state index contributed by atoms with van der Waals surface area (Å²) < 4.78 is 13.9. The number of aliphatic hydroxyl groups excluding tert-OH is 1. The third-order valence-electron chi connectivity index (χ3n) is 4.07. The van der Waals surface area contributed by atoms with Crippen LogP contribution in [0.2, 0.25) is 0 Å². The first-order valence-corrected chi connectivity index (χ1v) is 9.07. The Labute approximate surface area is 154 Å². The first-order chi connectivity index (χ1) is 12.7. The smallest absolute Gasteiger partial charge is 0.172 e. The van der Waals surface area contributed by atoms with Crippen LogP contribution in [0.25, 0.3) is 21.6 Å². The van der Waals surface area contributed by atoms with Crippen LogP contribution in [0.15, 0.2) is 66.0 Å². The fraction of sp³-hybridized carbons (Fsp3) is 0.100. The quantitative estimate of drug-likeness (QED) is 0.541. The van der Waals surface area contributed by atoms with E-state index < -0.39 is 11.9 Å². The van der Waals surface area contributed by atoms with Crippen LogP contribution in [-0.2, 0) is 0 Å². The van der Waals surface area contributed by atoms with Crippen LogP contribution in [0.5, 0.6) is 0 Å². The Bertz CT molecular complexity index is 1040. The van der Waals surface area contributed by atoms with Gasteiger partial charge in [0.2, 0.25) is 0 Å². The molecule has 0 aliphatic rings. The Morgan fingerprint density at radius 1 is 1.00 bits per heavy atom. The second-order valence-electron chi connectivity index (χ2n) is 5.81. The third-order valence-corrected chi connectivity index (χ3v) is 4.94. The number of halogens is 1. The molecule has 2 heterocycles. The topological polar surface area (TPSA) is 58.0 Å². The average molecular weight is 365 g/mol. The minimum absolute atomic E-state index is 0.145. The summed E-state index contributed by atoms with van der Waals surface area (Å²) >= 11 is 1.56. The zero-order chi connectivity index (χ0) is 17.9. The van der Waals surface area contributed by atoms with Crippen LogP contribution in [0.1, 0.15) is 11.7 Å². The largest absolute Gasteiger partial charge is 0.386 e. The first-order valence-electron chi connectivity index (χ1n) is 8.19. The van der Waals surface area contributed by atoms with Gasteiger partial charge in [0.15, 0.2) is 5.82 Å². The maximum atomic E-state index is 13.9. The number of para-hydroxylation sites is 1. The van der Waals surface area contributed by atoms with Crippen molar-refractivity contribution in [2.45, 2.75) is 6.10 Å². The highest BCUT2D eigenvalue weighted by Gasteiger charge is 2.14. The predicted octanol–water partition coefficient (Wildman–Crippen LogP) is 4.64. The normalized spacial score (nSPS) is 12.2. The van der Waals surface area contributed by atoms with Crippen molar-refractivity contribution in [2.24, 2.45) is 0 Å². The molecule has 1 atom stereocenters. The Hall–Kier alpha value is -2.83. The number of anilines is 1. The summed E-state index contributed by atoms with van der Waals surface area (Å²) in [5.41, 5.74) is 1.07. The zero-order valence-electron chi connectivity index (χ0n) is 13.8. The molecule has 0 aliphatic heterocycles. The van der Waals surface area contributed by atoms with Gasteiger partial charge < -0.3 is 10.4 Å². The molecule has 0 saturated heterocycles. The molecule has 6 heteroatoms. The average Bonchev–Trinajstić information content (AvgIpc) is 3.21. The van der Waals surface area contributed by atoms with E-state index in [2.05, 4.69) is 15.3 Å². The van der Waals surface area contributed by atoms with E-state index in [9.17, 15) is 9.50 Å². The van der Waals surface area contributed by atoms with E-state index in [4.69, 9.17) is 0 Å². The monoisotopic (exact) mass is 365 g/mol. The molecule has 0 saturated carbocycles. The molecular formula is C20H16FN3OS. The zero-order valence-corrected chi connectivity index (χ0v) is 14.6. The number of rotatable bonds is 5. The van der Waals surface area contributed by atoms with Crippen molar-refractivity contribution in [1.29, 1.82) is 0 Å². The molecule has 4 rings (SSSR count). The third kappa shape index (κ3) is 3.29. The number of fused-ring (bicyclic) bond motifs is 1. The van der Waals surface area contributed by atoms with Gasteiger partial charge in [-0.2, -0.15) is 0 Å². The van der Waals surface area contributed by atoms with Crippen molar-refractivity contribution in [1.82, 2.24) is 9.97 Å². The van der Waals surface area contributed by atoms with E-state index in [1.807, 2.05) is 41.8 Å². The predicted molar refractivity (Wildman–Crippen MR) is 103 cm³/mol. The molecule has 0 amide bonds. The van der Waals surface area contributed by atoms with Crippen LogP contribution >= 0.6 is 11.3 Å². The van der Waals surface area contributed by atoms with Gasteiger partial charge in [0.05, 0.1) is 16.5 Å². The fourth-order valence-corrected chi connectivity index (χ4v) is 3.43. The van der Waals surface area contributed by atoms with Gasteiger partial charge >= 0.3 is 0 Å². The van der Waals surface area contributed by atoms with Gasteiger partial charge in [-0.15, -0.1) is 11.3 Å². The molecule has 0 bridgehead atoms. The maximum absolute atomic E-state index is 13.9. The van der Waals surface area contributed by atoms with Crippen molar-refractivity contribution in [3.8, 4) is 10.7 Å². The van der Waals surface area contributed by atoms with Gasteiger partial charge in [-0.1, -0.05) is 36.4 Å². The minimum Gasteiger partial charge on any atom is -0.386 e. The van der Waals surface area contributed by atoms with Gasteiger partial charge in [0.1, 0.15) is 11.6 Å². The second kappa shape index (κ2) is 7.19. The number of nitrogens with one attached hydrogen (secondary N) is 1. The summed E-state index contributed by atoms with van der Waals surface area (Å²) in [5, 5.41) is 16.3. The molecule has 0 radical (unpaired) electrons. The lowest BCUT2D eigenvalue weighted by Gasteiger charge is -2.15. The van der Waals surface area contributed by atoms with E-state index in [1.165, 1.54) is 6.07 Å². The fourth-order valence-electron chi connectivity index (χ4n) is 2.78. The lowest BCUT2D eigenvalue weighted by molar-refractivity contribution is 0.186. The molecule has 130 valence electrons. The Morgan fingerprint density at radius 2 is 1.81 bits per heavy atom. The molecule has 0 fully saturated rings. The second-order valence-corrected chi connectivity index (χ2v) is 6.76. The van der Waals surface area contributed by atoms with Crippen LogP contribution in [0.3, 0.4) is 0 Å². The van der Waals surface area contributed by atoms with Crippen molar-refractivity contribution < 1.29 is 9.50 Å². The lowest BCUT2D eigenvalue weighted by Crippen LogP contribution is -2.14. The Balaban J connectivity index is 1.66. The van der Waals surface area contributed by atoms with Crippen LogP contribution in [0.4, 0.5) is 10.2 Å². The number of aliphatic hydroxyl groups is 1. The van der Waals surface area contributed by atoms with Gasteiger partial charge in [0.25, 0.3) is 0 Å². The van der Waals surface area contributed by atoms with E-state index in [0.717, 1.165) is 15.8 Å².